The first-order valence-corrected chi connectivity index (χ1v) is 12.8. The third kappa shape index (κ3) is 5.99. The van der Waals surface area contributed by atoms with Crippen LogP contribution in [0.3, 0.4) is 0 Å². The number of carbonyl (C=O) groups is 1. The third-order valence-electron chi connectivity index (χ3n) is 6.18. The van der Waals surface area contributed by atoms with Crippen LogP contribution in [0.4, 0.5) is 0 Å². The molecule has 1 saturated carbocycles. The Hall–Kier alpha value is -2.73. The highest BCUT2D eigenvalue weighted by Crippen LogP contribution is 2.32. The number of thioether (sulfide) groups is 1. The summed E-state index contributed by atoms with van der Waals surface area (Å²) in [6, 6.07) is 16.8. The number of hydrogen-bond donors (Lipinski definition) is 1. The van der Waals surface area contributed by atoms with E-state index in [9.17, 15) is 4.79 Å². The maximum Gasteiger partial charge on any atom is 0.233 e. The van der Waals surface area contributed by atoms with Crippen LogP contribution < -0.4 is 5.32 Å². The average Bonchev–Trinajstić information content (AvgIpc) is 2.84. The first-order chi connectivity index (χ1) is 16.0. The number of hydrogen-bond acceptors (Lipinski definition) is 5. The van der Waals surface area contributed by atoms with Crippen molar-refractivity contribution >= 4 is 17.7 Å². The van der Waals surface area contributed by atoms with Gasteiger partial charge in [0, 0.05) is 17.2 Å². The molecule has 1 aromatic heterocycles. The molecule has 1 fully saturated rings. The van der Waals surface area contributed by atoms with E-state index in [0.717, 1.165) is 35.4 Å². The summed E-state index contributed by atoms with van der Waals surface area (Å²) in [5.41, 5.74) is 5.90. The molecular weight excluding hydrogens is 428 g/mol. The van der Waals surface area contributed by atoms with Gasteiger partial charge in [-0.25, -0.2) is 4.98 Å². The summed E-state index contributed by atoms with van der Waals surface area (Å²) in [7, 11) is 0. The molecule has 172 valence electrons. The number of nitrogens with zero attached hydrogens (tertiary/aromatic N) is 3. The minimum atomic E-state index is -0.232. The Bertz CT molecular complexity index is 1080. The smallest absolute Gasteiger partial charge is 0.233 e. The number of carbonyl (C=O) groups excluding carboxylic acids is 1. The Morgan fingerprint density at radius 1 is 0.909 bits per heavy atom. The number of amides is 1. The quantitative estimate of drug-likeness (QED) is 0.429. The topological polar surface area (TPSA) is 67.8 Å². The molecule has 0 spiro atoms. The lowest BCUT2D eigenvalue weighted by molar-refractivity contribution is -0.121. The van der Waals surface area contributed by atoms with E-state index < -0.39 is 0 Å². The standard InChI is InChI=1S/C27H32N4OS/c1-4-23(26(32)28-22-8-6-5-7-9-22)33-27-29-24(20-14-10-18(2)11-15-20)25(30-31-27)21-16-12-19(3)13-17-21/h10-17,22-23H,4-9H2,1-3H3,(H,28,32). The molecule has 6 heteroatoms. The summed E-state index contributed by atoms with van der Waals surface area (Å²) in [6.07, 6.45) is 6.53. The van der Waals surface area contributed by atoms with Gasteiger partial charge in [0.05, 0.1) is 5.25 Å². The lowest BCUT2D eigenvalue weighted by atomic mass is 9.95. The fraction of sp³-hybridized carbons (Fsp3) is 0.407. The summed E-state index contributed by atoms with van der Waals surface area (Å²) in [5.74, 6) is 0.0810. The molecule has 1 aliphatic rings. The highest BCUT2D eigenvalue weighted by molar-refractivity contribution is 8.00. The molecule has 3 aromatic rings. The molecular formula is C27H32N4OS. The lowest BCUT2D eigenvalue weighted by Crippen LogP contribution is -2.41. The molecule has 1 atom stereocenters. The monoisotopic (exact) mass is 460 g/mol. The first kappa shape index (κ1) is 23.4. The summed E-state index contributed by atoms with van der Waals surface area (Å²) in [5, 5.41) is 12.5. The van der Waals surface area contributed by atoms with Crippen LogP contribution in [0.15, 0.2) is 53.7 Å². The third-order valence-corrected chi connectivity index (χ3v) is 7.40. The Kier molecular flexibility index (Phi) is 7.76. The molecule has 1 aliphatic carbocycles. The first-order valence-electron chi connectivity index (χ1n) is 11.9. The van der Waals surface area contributed by atoms with E-state index in [0.29, 0.717) is 17.6 Å². The van der Waals surface area contributed by atoms with Crippen molar-refractivity contribution < 1.29 is 4.79 Å². The molecule has 2 aromatic carbocycles. The van der Waals surface area contributed by atoms with Crippen molar-refractivity contribution in [3.63, 3.8) is 0 Å². The molecule has 4 rings (SSSR count). The highest BCUT2D eigenvalue weighted by Gasteiger charge is 2.24. The van der Waals surface area contributed by atoms with E-state index in [-0.39, 0.29) is 11.2 Å². The Balaban J connectivity index is 1.61. The van der Waals surface area contributed by atoms with Gasteiger partial charge in [-0.1, -0.05) is 97.6 Å². The summed E-state index contributed by atoms with van der Waals surface area (Å²) < 4.78 is 0. The molecule has 0 aliphatic heterocycles. The molecule has 1 amide bonds. The van der Waals surface area contributed by atoms with E-state index in [4.69, 9.17) is 4.98 Å². The maximum absolute atomic E-state index is 13.0. The van der Waals surface area contributed by atoms with Gasteiger partial charge in [0.25, 0.3) is 0 Å². The zero-order chi connectivity index (χ0) is 23.2. The van der Waals surface area contributed by atoms with Crippen molar-refractivity contribution in [1.82, 2.24) is 20.5 Å². The van der Waals surface area contributed by atoms with Gasteiger partial charge in [0.1, 0.15) is 11.4 Å². The van der Waals surface area contributed by atoms with Crippen molar-refractivity contribution in [2.75, 3.05) is 0 Å². The van der Waals surface area contributed by atoms with Crippen LogP contribution in [-0.2, 0) is 4.79 Å². The van der Waals surface area contributed by atoms with Crippen LogP contribution >= 0.6 is 11.8 Å². The van der Waals surface area contributed by atoms with Crippen molar-refractivity contribution in [2.45, 2.75) is 75.7 Å². The van der Waals surface area contributed by atoms with Gasteiger partial charge in [0.2, 0.25) is 11.1 Å². The number of nitrogens with one attached hydrogen (secondary N) is 1. The lowest BCUT2D eigenvalue weighted by Gasteiger charge is -2.24. The fourth-order valence-corrected chi connectivity index (χ4v) is 5.00. The SMILES string of the molecule is CCC(Sc1nnc(-c2ccc(C)cc2)c(-c2ccc(C)cc2)n1)C(=O)NC1CCCCC1. The van der Waals surface area contributed by atoms with E-state index >= 15 is 0 Å². The van der Waals surface area contributed by atoms with Crippen LogP contribution in [0.5, 0.6) is 0 Å². The number of aryl methyl sites for hydroxylation is 2. The molecule has 1 heterocycles. The van der Waals surface area contributed by atoms with E-state index in [1.54, 1.807) is 0 Å². The summed E-state index contributed by atoms with van der Waals surface area (Å²) in [4.78, 5) is 17.8. The predicted octanol–water partition coefficient (Wildman–Crippen LogP) is 6.14. The van der Waals surface area contributed by atoms with Crippen molar-refractivity contribution in [3.8, 4) is 22.5 Å². The van der Waals surface area contributed by atoms with Gasteiger partial charge < -0.3 is 5.32 Å². The van der Waals surface area contributed by atoms with Crippen molar-refractivity contribution in [1.29, 1.82) is 0 Å². The normalized spacial score (nSPS) is 15.2. The van der Waals surface area contributed by atoms with Gasteiger partial charge in [-0.3, -0.25) is 4.79 Å². The average molecular weight is 461 g/mol. The van der Waals surface area contributed by atoms with Crippen molar-refractivity contribution in [2.24, 2.45) is 0 Å². The van der Waals surface area contributed by atoms with Crippen molar-refractivity contribution in [3.05, 3.63) is 59.7 Å². The molecule has 0 radical (unpaired) electrons. The molecule has 33 heavy (non-hydrogen) atoms. The Labute approximate surface area is 200 Å². The summed E-state index contributed by atoms with van der Waals surface area (Å²) >= 11 is 1.41. The second kappa shape index (κ2) is 10.9. The minimum absolute atomic E-state index is 0.0810. The van der Waals surface area contributed by atoms with Gasteiger partial charge >= 0.3 is 0 Å². The van der Waals surface area contributed by atoms with Gasteiger partial charge in [-0.2, -0.15) is 0 Å². The molecule has 1 N–H and O–H groups in total. The zero-order valence-corrected chi connectivity index (χ0v) is 20.5. The van der Waals surface area contributed by atoms with E-state index in [1.165, 1.54) is 42.2 Å². The van der Waals surface area contributed by atoms with Crippen LogP contribution in [0.2, 0.25) is 0 Å². The Morgan fingerprint density at radius 2 is 1.48 bits per heavy atom. The van der Waals surface area contributed by atoms with Crippen LogP contribution in [0.1, 0.15) is 56.6 Å². The second-order valence-corrected chi connectivity index (χ2v) is 10.1. The summed E-state index contributed by atoms with van der Waals surface area (Å²) in [6.45, 7) is 6.17. The molecule has 5 nitrogen and oxygen atoms in total. The highest BCUT2D eigenvalue weighted by atomic mass is 32.2. The fourth-order valence-electron chi connectivity index (χ4n) is 4.17. The second-order valence-electron chi connectivity index (χ2n) is 8.88. The van der Waals surface area contributed by atoms with Gasteiger partial charge in [-0.05, 0) is 33.1 Å². The molecule has 1 unspecified atom stereocenters. The van der Waals surface area contributed by atoms with Gasteiger partial charge in [-0.15, -0.1) is 10.2 Å². The Morgan fingerprint density at radius 3 is 2.06 bits per heavy atom. The number of benzene rings is 2. The minimum Gasteiger partial charge on any atom is -0.352 e. The van der Waals surface area contributed by atoms with E-state index in [1.807, 2.05) is 6.92 Å². The number of rotatable bonds is 7. The zero-order valence-electron chi connectivity index (χ0n) is 19.7. The van der Waals surface area contributed by atoms with Crippen LogP contribution in [0, 0.1) is 13.8 Å². The maximum atomic E-state index is 13.0. The number of aromatic nitrogens is 3. The largest absolute Gasteiger partial charge is 0.352 e. The van der Waals surface area contributed by atoms with E-state index in [2.05, 4.69) is 77.9 Å². The van der Waals surface area contributed by atoms with Crippen LogP contribution in [0.25, 0.3) is 22.5 Å². The van der Waals surface area contributed by atoms with Gasteiger partial charge in [0.15, 0.2) is 0 Å². The van der Waals surface area contributed by atoms with Crippen LogP contribution in [-0.4, -0.2) is 32.4 Å². The predicted molar refractivity (Wildman–Crippen MR) is 135 cm³/mol. The molecule has 0 bridgehead atoms. The molecule has 0 saturated heterocycles.